The van der Waals surface area contributed by atoms with E-state index in [-0.39, 0.29) is 6.61 Å². The Bertz CT molecular complexity index is 196. The standard InChI is InChI=1S/C10H18O4/c1-8(9(11)12)14-7-10(13)5-3-2-4-6-10/h8,13H,2-7H2,1H3,(H,11,12)/t8-/m0/s1. The van der Waals surface area contributed by atoms with Crippen LogP contribution in [-0.2, 0) is 9.53 Å². The van der Waals surface area contributed by atoms with Gasteiger partial charge < -0.3 is 14.9 Å². The lowest BCUT2D eigenvalue weighted by molar-refractivity contribution is -0.155. The van der Waals surface area contributed by atoms with Crippen LogP contribution in [0.4, 0.5) is 0 Å². The first-order valence-corrected chi connectivity index (χ1v) is 5.10. The molecular formula is C10H18O4. The predicted octanol–water partition coefficient (Wildman–Crippen LogP) is 1.17. The third-order valence-electron chi connectivity index (χ3n) is 2.73. The lowest BCUT2D eigenvalue weighted by Crippen LogP contribution is -2.39. The van der Waals surface area contributed by atoms with Gasteiger partial charge in [0.2, 0.25) is 0 Å². The molecule has 4 heteroatoms. The lowest BCUT2D eigenvalue weighted by atomic mass is 9.85. The average Bonchev–Trinajstić information content (AvgIpc) is 2.15. The molecule has 0 aromatic heterocycles. The van der Waals surface area contributed by atoms with Crippen molar-refractivity contribution in [1.82, 2.24) is 0 Å². The van der Waals surface area contributed by atoms with Gasteiger partial charge in [-0.15, -0.1) is 0 Å². The second-order valence-corrected chi connectivity index (χ2v) is 4.08. The number of aliphatic hydroxyl groups is 1. The van der Waals surface area contributed by atoms with Gasteiger partial charge in [-0.3, -0.25) is 0 Å². The van der Waals surface area contributed by atoms with Gasteiger partial charge in [-0.2, -0.15) is 0 Å². The normalized spacial score (nSPS) is 23.0. The minimum atomic E-state index is -0.982. The van der Waals surface area contributed by atoms with Crippen LogP contribution in [0, 0.1) is 0 Å². The van der Waals surface area contributed by atoms with Crippen molar-refractivity contribution in [2.24, 2.45) is 0 Å². The Kier molecular flexibility index (Phi) is 3.89. The summed E-state index contributed by atoms with van der Waals surface area (Å²) in [7, 11) is 0. The van der Waals surface area contributed by atoms with E-state index in [0.717, 1.165) is 32.1 Å². The van der Waals surface area contributed by atoms with Crippen LogP contribution < -0.4 is 0 Å². The highest BCUT2D eigenvalue weighted by atomic mass is 16.5. The number of hydrogen-bond acceptors (Lipinski definition) is 3. The second-order valence-electron chi connectivity index (χ2n) is 4.08. The molecule has 0 unspecified atom stereocenters. The molecule has 1 aliphatic carbocycles. The van der Waals surface area contributed by atoms with Crippen LogP contribution in [0.15, 0.2) is 0 Å². The van der Waals surface area contributed by atoms with Crippen molar-refractivity contribution < 1.29 is 19.7 Å². The molecule has 1 rings (SSSR count). The molecule has 1 atom stereocenters. The molecule has 0 saturated heterocycles. The zero-order valence-electron chi connectivity index (χ0n) is 8.53. The summed E-state index contributed by atoms with van der Waals surface area (Å²) in [5, 5.41) is 18.6. The molecular weight excluding hydrogens is 184 g/mol. The van der Waals surface area contributed by atoms with E-state index in [4.69, 9.17) is 9.84 Å². The lowest BCUT2D eigenvalue weighted by Gasteiger charge is -2.32. The number of ether oxygens (including phenoxy) is 1. The Morgan fingerprint density at radius 2 is 2.00 bits per heavy atom. The highest BCUT2D eigenvalue weighted by Gasteiger charge is 2.30. The fraction of sp³-hybridized carbons (Fsp3) is 0.900. The van der Waals surface area contributed by atoms with Gasteiger partial charge in [-0.1, -0.05) is 19.3 Å². The molecule has 1 aliphatic rings. The minimum Gasteiger partial charge on any atom is -0.479 e. The van der Waals surface area contributed by atoms with Gasteiger partial charge in [0.25, 0.3) is 0 Å². The van der Waals surface area contributed by atoms with Crippen LogP contribution in [-0.4, -0.2) is 34.5 Å². The molecule has 0 radical (unpaired) electrons. The maximum atomic E-state index is 10.5. The van der Waals surface area contributed by atoms with E-state index < -0.39 is 17.7 Å². The molecule has 4 nitrogen and oxygen atoms in total. The van der Waals surface area contributed by atoms with Gasteiger partial charge in [0.1, 0.15) is 0 Å². The largest absolute Gasteiger partial charge is 0.479 e. The zero-order valence-corrected chi connectivity index (χ0v) is 8.53. The molecule has 1 fully saturated rings. The van der Waals surface area contributed by atoms with Crippen molar-refractivity contribution in [2.45, 2.75) is 50.7 Å². The number of carboxylic acid groups (broad SMARTS) is 1. The first-order valence-electron chi connectivity index (χ1n) is 5.10. The summed E-state index contributed by atoms with van der Waals surface area (Å²) in [6, 6.07) is 0. The van der Waals surface area contributed by atoms with Crippen molar-refractivity contribution in [3.8, 4) is 0 Å². The number of hydrogen-bond donors (Lipinski definition) is 2. The Morgan fingerprint density at radius 1 is 1.43 bits per heavy atom. The maximum Gasteiger partial charge on any atom is 0.332 e. The molecule has 0 spiro atoms. The number of aliphatic carboxylic acids is 1. The van der Waals surface area contributed by atoms with Gasteiger partial charge in [-0.05, 0) is 19.8 Å². The zero-order chi connectivity index (χ0) is 10.6. The van der Waals surface area contributed by atoms with E-state index in [2.05, 4.69) is 0 Å². The van der Waals surface area contributed by atoms with Gasteiger partial charge in [0.15, 0.2) is 6.10 Å². The van der Waals surface area contributed by atoms with Gasteiger partial charge in [0, 0.05) is 0 Å². The first kappa shape index (κ1) is 11.5. The van der Waals surface area contributed by atoms with Gasteiger partial charge in [-0.25, -0.2) is 4.79 Å². The summed E-state index contributed by atoms with van der Waals surface area (Å²) in [6.07, 6.45) is 3.76. The van der Waals surface area contributed by atoms with Crippen molar-refractivity contribution in [3.05, 3.63) is 0 Å². The summed E-state index contributed by atoms with van der Waals surface area (Å²) in [4.78, 5) is 10.5. The number of carboxylic acids is 1. The van der Waals surface area contributed by atoms with Crippen LogP contribution >= 0.6 is 0 Å². The first-order chi connectivity index (χ1) is 6.53. The SMILES string of the molecule is C[C@H](OCC1(O)CCCCC1)C(=O)O. The molecule has 0 bridgehead atoms. The number of carbonyl (C=O) groups is 1. The molecule has 82 valence electrons. The third-order valence-corrected chi connectivity index (χ3v) is 2.73. The van der Waals surface area contributed by atoms with Gasteiger partial charge in [0.05, 0.1) is 12.2 Å². The van der Waals surface area contributed by atoms with Crippen LogP contribution in [0.2, 0.25) is 0 Å². The third kappa shape index (κ3) is 3.27. The Labute approximate surface area is 83.9 Å². The summed E-state index contributed by atoms with van der Waals surface area (Å²) < 4.78 is 5.10. The fourth-order valence-electron chi connectivity index (χ4n) is 1.71. The topological polar surface area (TPSA) is 66.8 Å². The minimum absolute atomic E-state index is 0.139. The molecule has 14 heavy (non-hydrogen) atoms. The van der Waals surface area contributed by atoms with E-state index >= 15 is 0 Å². The summed E-state index contributed by atoms with van der Waals surface area (Å²) >= 11 is 0. The average molecular weight is 202 g/mol. The summed E-state index contributed by atoms with van der Waals surface area (Å²) in [6.45, 7) is 1.62. The molecule has 0 heterocycles. The van der Waals surface area contributed by atoms with Crippen LogP contribution in [0.25, 0.3) is 0 Å². The summed E-state index contributed by atoms with van der Waals surface area (Å²) in [5.74, 6) is -0.982. The van der Waals surface area contributed by atoms with Crippen molar-refractivity contribution >= 4 is 5.97 Å². The van der Waals surface area contributed by atoms with E-state index in [9.17, 15) is 9.90 Å². The molecule has 0 aromatic rings. The van der Waals surface area contributed by atoms with Crippen LogP contribution in [0.3, 0.4) is 0 Å². The molecule has 1 saturated carbocycles. The quantitative estimate of drug-likeness (QED) is 0.718. The monoisotopic (exact) mass is 202 g/mol. The highest BCUT2D eigenvalue weighted by molar-refractivity contribution is 5.71. The maximum absolute atomic E-state index is 10.5. The van der Waals surface area contributed by atoms with Crippen molar-refractivity contribution in [2.75, 3.05) is 6.61 Å². The van der Waals surface area contributed by atoms with E-state index in [1.54, 1.807) is 0 Å². The molecule has 2 N–H and O–H groups in total. The van der Waals surface area contributed by atoms with Crippen LogP contribution in [0.5, 0.6) is 0 Å². The molecule has 0 amide bonds. The fourth-order valence-corrected chi connectivity index (χ4v) is 1.71. The highest BCUT2D eigenvalue weighted by Crippen LogP contribution is 2.28. The van der Waals surface area contributed by atoms with E-state index in [1.165, 1.54) is 6.92 Å². The Hall–Kier alpha value is -0.610. The Balaban J connectivity index is 2.31. The van der Waals surface area contributed by atoms with Crippen molar-refractivity contribution in [3.63, 3.8) is 0 Å². The summed E-state index contributed by atoms with van der Waals surface area (Å²) in [5.41, 5.74) is -0.790. The smallest absolute Gasteiger partial charge is 0.332 e. The van der Waals surface area contributed by atoms with E-state index in [0.29, 0.717) is 0 Å². The van der Waals surface area contributed by atoms with Crippen molar-refractivity contribution in [1.29, 1.82) is 0 Å². The second kappa shape index (κ2) is 4.75. The molecule has 0 aromatic carbocycles. The van der Waals surface area contributed by atoms with E-state index in [1.807, 2.05) is 0 Å². The Morgan fingerprint density at radius 3 is 2.50 bits per heavy atom. The number of rotatable bonds is 4. The predicted molar refractivity (Wildman–Crippen MR) is 51.1 cm³/mol. The molecule has 0 aliphatic heterocycles. The van der Waals surface area contributed by atoms with Crippen LogP contribution in [0.1, 0.15) is 39.0 Å². The van der Waals surface area contributed by atoms with Gasteiger partial charge >= 0.3 is 5.97 Å².